The molecule has 0 aliphatic carbocycles. The Morgan fingerprint density at radius 1 is 1.43 bits per heavy atom. The number of aromatic amines is 1. The second-order valence-corrected chi connectivity index (χ2v) is 5.89. The lowest BCUT2D eigenvalue weighted by Crippen LogP contribution is -2.14. The molecule has 2 rings (SSSR count). The van der Waals surface area contributed by atoms with Crippen molar-refractivity contribution in [2.75, 3.05) is 12.9 Å². The van der Waals surface area contributed by atoms with Crippen LogP contribution in [0, 0.1) is 18.3 Å². The number of hydrogen-bond donors (Lipinski definition) is 1. The number of aromatic nitrogens is 2. The van der Waals surface area contributed by atoms with E-state index in [1.54, 1.807) is 0 Å². The molecule has 1 aromatic heterocycles. The van der Waals surface area contributed by atoms with E-state index in [-0.39, 0.29) is 5.56 Å². The zero-order valence-electron chi connectivity index (χ0n) is 13.5. The largest absolute Gasteiger partial charge is 0.493 e. The molecule has 120 valence electrons. The monoisotopic (exact) mass is 329 g/mol. The Balaban J connectivity index is 2.43. The minimum Gasteiger partial charge on any atom is -0.493 e. The standard InChI is InChI=1S/C17H19N3O2S/c1-4-5-8-22-14-7-6-12(9-11(14)2)15-13(10-18)16(21)20-17(19-15)23-3/h6-7,9H,4-5,8H2,1-3H3,(H,19,20,21). The van der Waals surface area contributed by atoms with Crippen LogP contribution in [0.4, 0.5) is 0 Å². The molecule has 1 heterocycles. The first-order valence-electron chi connectivity index (χ1n) is 7.43. The molecule has 1 aromatic carbocycles. The topological polar surface area (TPSA) is 78.8 Å². The van der Waals surface area contributed by atoms with Gasteiger partial charge in [-0.25, -0.2) is 4.98 Å². The number of aryl methyl sites for hydroxylation is 1. The van der Waals surface area contributed by atoms with Crippen LogP contribution in [0.25, 0.3) is 11.3 Å². The fraction of sp³-hybridized carbons (Fsp3) is 0.353. The molecule has 23 heavy (non-hydrogen) atoms. The highest BCUT2D eigenvalue weighted by Gasteiger charge is 2.14. The molecule has 0 bridgehead atoms. The summed E-state index contributed by atoms with van der Waals surface area (Å²) in [6, 6.07) is 7.54. The van der Waals surface area contributed by atoms with Gasteiger partial charge in [0, 0.05) is 5.56 Å². The predicted molar refractivity (Wildman–Crippen MR) is 91.9 cm³/mol. The van der Waals surface area contributed by atoms with Gasteiger partial charge in [-0.2, -0.15) is 5.26 Å². The molecular weight excluding hydrogens is 310 g/mol. The number of thioether (sulfide) groups is 1. The highest BCUT2D eigenvalue weighted by molar-refractivity contribution is 7.98. The van der Waals surface area contributed by atoms with Crippen LogP contribution < -0.4 is 10.3 Å². The van der Waals surface area contributed by atoms with Crippen molar-refractivity contribution >= 4 is 11.8 Å². The average Bonchev–Trinajstić information content (AvgIpc) is 2.55. The van der Waals surface area contributed by atoms with E-state index in [2.05, 4.69) is 16.9 Å². The molecule has 2 aromatic rings. The first-order chi connectivity index (χ1) is 11.1. The Morgan fingerprint density at radius 2 is 2.22 bits per heavy atom. The van der Waals surface area contributed by atoms with Crippen molar-refractivity contribution in [2.45, 2.75) is 31.8 Å². The predicted octanol–water partition coefficient (Wildman–Crippen LogP) is 3.52. The molecular formula is C17H19N3O2S. The fourth-order valence-electron chi connectivity index (χ4n) is 2.15. The molecule has 0 spiro atoms. The maximum absolute atomic E-state index is 12.0. The van der Waals surface area contributed by atoms with Gasteiger partial charge in [0.05, 0.1) is 12.3 Å². The summed E-state index contributed by atoms with van der Waals surface area (Å²) in [6.07, 6.45) is 3.91. The number of nitrogens with zero attached hydrogens (tertiary/aromatic N) is 2. The molecule has 0 saturated heterocycles. The van der Waals surface area contributed by atoms with E-state index in [9.17, 15) is 10.1 Å². The molecule has 0 fully saturated rings. The lowest BCUT2D eigenvalue weighted by Gasteiger charge is -2.11. The summed E-state index contributed by atoms with van der Waals surface area (Å²) in [5.41, 5.74) is 1.71. The Kier molecular flexibility index (Phi) is 5.83. The van der Waals surface area contributed by atoms with Crippen molar-refractivity contribution in [3.8, 4) is 23.1 Å². The van der Waals surface area contributed by atoms with Gasteiger partial charge in [-0.1, -0.05) is 25.1 Å². The van der Waals surface area contributed by atoms with Crippen LogP contribution in [0.1, 0.15) is 30.9 Å². The van der Waals surface area contributed by atoms with Crippen LogP contribution in [0.3, 0.4) is 0 Å². The molecule has 0 unspecified atom stereocenters. The fourth-order valence-corrected chi connectivity index (χ4v) is 2.52. The molecule has 6 heteroatoms. The number of hydrogen-bond acceptors (Lipinski definition) is 5. The number of benzene rings is 1. The van der Waals surface area contributed by atoms with Gasteiger partial charge >= 0.3 is 0 Å². The molecule has 0 saturated carbocycles. The van der Waals surface area contributed by atoms with Gasteiger partial charge in [0.2, 0.25) is 0 Å². The van der Waals surface area contributed by atoms with Gasteiger partial charge in [-0.3, -0.25) is 4.79 Å². The van der Waals surface area contributed by atoms with Crippen LogP contribution in [0.2, 0.25) is 0 Å². The SMILES string of the molecule is CCCCOc1ccc(-c2nc(SC)[nH]c(=O)c2C#N)cc1C. The van der Waals surface area contributed by atoms with E-state index in [1.807, 2.05) is 37.4 Å². The van der Waals surface area contributed by atoms with Gasteiger partial charge in [-0.15, -0.1) is 0 Å². The Labute approximate surface area is 139 Å². The highest BCUT2D eigenvalue weighted by atomic mass is 32.2. The first-order valence-corrected chi connectivity index (χ1v) is 8.65. The number of nitriles is 1. The van der Waals surface area contributed by atoms with E-state index in [4.69, 9.17) is 4.74 Å². The summed E-state index contributed by atoms with van der Waals surface area (Å²) < 4.78 is 5.74. The highest BCUT2D eigenvalue weighted by Crippen LogP contribution is 2.27. The number of H-pyrrole nitrogens is 1. The molecule has 0 amide bonds. The van der Waals surface area contributed by atoms with Gasteiger partial charge in [0.15, 0.2) is 5.16 Å². The minimum atomic E-state index is -0.414. The number of nitrogens with one attached hydrogen (secondary N) is 1. The van der Waals surface area contributed by atoms with Crippen LogP contribution in [-0.4, -0.2) is 22.8 Å². The lowest BCUT2D eigenvalue weighted by atomic mass is 10.0. The molecule has 0 aliphatic heterocycles. The summed E-state index contributed by atoms with van der Waals surface area (Å²) in [4.78, 5) is 19.0. The lowest BCUT2D eigenvalue weighted by molar-refractivity contribution is 0.307. The van der Waals surface area contributed by atoms with E-state index >= 15 is 0 Å². The van der Waals surface area contributed by atoms with Crippen molar-refractivity contribution in [1.82, 2.24) is 9.97 Å². The third-order valence-corrected chi connectivity index (χ3v) is 3.99. The smallest absolute Gasteiger partial charge is 0.270 e. The van der Waals surface area contributed by atoms with Crippen molar-refractivity contribution in [1.29, 1.82) is 5.26 Å². The maximum Gasteiger partial charge on any atom is 0.270 e. The minimum absolute atomic E-state index is 0.0295. The van der Waals surface area contributed by atoms with E-state index < -0.39 is 5.56 Å². The number of rotatable bonds is 6. The zero-order chi connectivity index (χ0) is 16.8. The second kappa shape index (κ2) is 7.84. The summed E-state index contributed by atoms with van der Waals surface area (Å²) in [7, 11) is 0. The van der Waals surface area contributed by atoms with Crippen LogP contribution in [0.5, 0.6) is 5.75 Å². The Bertz CT molecular complexity index is 793. The van der Waals surface area contributed by atoms with Crippen LogP contribution in [-0.2, 0) is 0 Å². The maximum atomic E-state index is 12.0. The average molecular weight is 329 g/mol. The molecule has 1 N–H and O–H groups in total. The van der Waals surface area contributed by atoms with Crippen LogP contribution in [0.15, 0.2) is 28.2 Å². The first kappa shape index (κ1) is 17.1. The third kappa shape index (κ3) is 3.93. The Hall–Kier alpha value is -2.26. The third-order valence-electron chi connectivity index (χ3n) is 3.41. The molecule has 0 aliphatic rings. The molecule has 0 radical (unpaired) electrons. The van der Waals surface area contributed by atoms with Gasteiger partial charge in [0.25, 0.3) is 5.56 Å². The second-order valence-electron chi connectivity index (χ2n) is 5.09. The molecule has 5 nitrogen and oxygen atoms in total. The summed E-state index contributed by atoms with van der Waals surface area (Å²) >= 11 is 1.33. The number of unbranched alkanes of at least 4 members (excludes halogenated alkanes) is 1. The van der Waals surface area contributed by atoms with Gasteiger partial charge in [-0.05, 0) is 43.4 Å². The number of ether oxygens (including phenoxy) is 1. The van der Waals surface area contributed by atoms with Crippen LogP contribution >= 0.6 is 11.8 Å². The quantitative estimate of drug-likeness (QED) is 0.498. The molecule has 0 atom stereocenters. The summed E-state index contributed by atoms with van der Waals surface area (Å²) in [6.45, 7) is 4.74. The van der Waals surface area contributed by atoms with Crippen molar-refractivity contribution in [3.05, 3.63) is 39.7 Å². The normalized spacial score (nSPS) is 10.3. The Morgan fingerprint density at radius 3 is 2.83 bits per heavy atom. The van der Waals surface area contributed by atoms with Crippen molar-refractivity contribution in [3.63, 3.8) is 0 Å². The van der Waals surface area contributed by atoms with Crippen molar-refractivity contribution < 1.29 is 4.74 Å². The van der Waals surface area contributed by atoms with Crippen molar-refractivity contribution in [2.24, 2.45) is 0 Å². The van der Waals surface area contributed by atoms with E-state index in [1.165, 1.54) is 11.8 Å². The summed E-state index contributed by atoms with van der Waals surface area (Å²) in [5, 5.41) is 9.74. The van der Waals surface area contributed by atoms with Gasteiger partial charge in [0.1, 0.15) is 17.4 Å². The van der Waals surface area contributed by atoms with Gasteiger partial charge < -0.3 is 9.72 Å². The van der Waals surface area contributed by atoms with E-state index in [0.717, 1.165) is 29.7 Å². The van der Waals surface area contributed by atoms with E-state index in [0.29, 0.717) is 17.5 Å². The zero-order valence-corrected chi connectivity index (χ0v) is 14.3. The summed E-state index contributed by atoms with van der Waals surface area (Å²) in [5.74, 6) is 0.815.